The van der Waals surface area contributed by atoms with Gasteiger partial charge in [-0.1, -0.05) is 0 Å². The van der Waals surface area contributed by atoms with Crippen LogP contribution in [0.5, 0.6) is 0 Å². The summed E-state index contributed by atoms with van der Waals surface area (Å²) in [4.78, 5) is 5.52. The molecule has 0 aromatic carbocycles. The van der Waals surface area contributed by atoms with Crippen LogP contribution in [-0.4, -0.2) is 47.3 Å². The quantitative estimate of drug-likeness (QED) is 0.818. The lowest BCUT2D eigenvalue weighted by atomic mass is 10.2. The molecule has 1 aromatic rings. The van der Waals surface area contributed by atoms with E-state index >= 15 is 0 Å². The number of H-pyrrole nitrogens is 1. The van der Waals surface area contributed by atoms with Crippen molar-refractivity contribution in [1.82, 2.24) is 14.5 Å². The van der Waals surface area contributed by atoms with Gasteiger partial charge in [-0.3, -0.25) is 4.90 Å². The maximum Gasteiger partial charge on any atom is 0.177 e. The molecule has 1 saturated heterocycles. The number of nitrogens with one attached hydrogen (secondary N) is 1. The van der Waals surface area contributed by atoms with E-state index in [1.165, 1.54) is 5.69 Å². The van der Waals surface area contributed by atoms with Gasteiger partial charge in [-0.2, -0.15) is 0 Å². The van der Waals surface area contributed by atoms with Gasteiger partial charge in [0.1, 0.15) is 0 Å². The van der Waals surface area contributed by atoms with Crippen LogP contribution in [0.25, 0.3) is 0 Å². The molecule has 4 nitrogen and oxygen atoms in total. The third-order valence-electron chi connectivity index (χ3n) is 3.07. The Morgan fingerprint density at radius 3 is 2.75 bits per heavy atom. The van der Waals surface area contributed by atoms with Crippen molar-refractivity contribution in [3.63, 3.8) is 0 Å². The van der Waals surface area contributed by atoms with Gasteiger partial charge in [0, 0.05) is 37.6 Å². The van der Waals surface area contributed by atoms with E-state index in [-0.39, 0.29) is 0 Å². The highest BCUT2D eigenvalue weighted by Crippen LogP contribution is 2.13. The minimum Gasteiger partial charge on any atom is -0.379 e. The van der Waals surface area contributed by atoms with Crippen molar-refractivity contribution in [2.24, 2.45) is 0 Å². The molecule has 1 aromatic heterocycles. The van der Waals surface area contributed by atoms with Gasteiger partial charge in [0.05, 0.1) is 13.2 Å². The summed E-state index contributed by atoms with van der Waals surface area (Å²) in [5, 5.41) is 0. The Hall–Kier alpha value is -0.650. The molecule has 16 heavy (non-hydrogen) atoms. The van der Waals surface area contributed by atoms with Gasteiger partial charge in [-0.15, -0.1) is 0 Å². The average Bonchev–Trinajstić information content (AvgIpc) is 2.60. The van der Waals surface area contributed by atoms with Crippen LogP contribution in [0, 0.1) is 11.7 Å². The Bertz CT molecular complexity index is 392. The number of nitrogens with zero attached hydrogens (tertiary/aromatic N) is 2. The van der Waals surface area contributed by atoms with E-state index in [0.717, 1.165) is 37.6 Å². The first kappa shape index (κ1) is 11.8. The number of imidazole rings is 1. The Morgan fingerprint density at radius 1 is 1.50 bits per heavy atom. The van der Waals surface area contributed by atoms with E-state index in [1.807, 2.05) is 6.20 Å². The number of aromatic nitrogens is 2. The monoisotopic (exact) mass is 241 g/mol. The fraction of sp³-hybridized carbons (Fsp3) is 0.727. The van der Waals surface area contributed by atoms with E-state index < -0.39 is 0 Å². The van der Waals surface area contributed by atoms with Crippen LogP contribution in [0.15, 0.2) is 6.20 Å². The molecule has 1 fully saturated rings. The van der Waals surface area contributed by atoms with E-state index in [4.69, 9.17) is 17.0 Å². The maximum absolute atomic E-state index is 5.34. The van der Waals surface area contributed by atoms with Gasteiger partial charge in [-0.25, -0.2) is 0 Å². The lowest BCUT2D eigenvalue weighted by molar-refractivity contribution is 0.0324. The first-order valence-electron chi connectivity index (χ1n) is 5.75. The van der Waals surface area contributed by atoms with Crippen LogP contribution >= 0.6 is 12.2 Å². The zero-order chi connectivity index (χ0) is 11.5. The van der Waals surface area contributed by atoms with Gasteiger partial charge < -0.3 is 14.3 Å². The summed E-state index contributed by atoms with van der Waals surface area (Å²) in [6, 6.07) is 0.414. The summed E-state index contributed by atoms with van der Waals surface area (Å²) in [7, 11) is 0. The van der Waals surface area contributed by atoms with E-state index in [0.29, 0.717) is 6.04 Å². The second-order valence-electron chi connectivity index (χ2n) is 4.37. The summed E-state index contributed by atoms with van der Waals surface area (Å²) < 4.78 is 8.35. The molecule has 0 saturated carbocycles. The molecule has 0 radical (unpaired) electrons. The van der Waals surface area contributed by atoms with Crippen molar-refractivity contribution in [3.8, 4) is 0 Å². The molecule has 0 amide bonds. The lowest BCUT2D eigenvalue weighted by Gasteiger charge is -2.29. The first-order chi connectivity index (χ1) is 7.68. The second kappa shape index (κ2) is 5.12. The highest BCUT2D eigenvalue weighted by atomic mass is 32.1. The number of hydrogen-bond acceptors (Lipinski definition) is 3. The van der Waals surface area contributed by atoms with Crippen molar-refractivity contribution in [3.05, 3.63) is 16.7 Å². The zero-order valence-electron chi connectivity index (χ0n) is 9.90. The molecule has 90 valence electrons. The second-order valence-corrected chi connectivity index (χ2v) is 4.75. The van der Waals surface area contributed by atoms with Crippen LogP contribution < -0.4 is 0 Å². The Labute approximate surface area is 101 Å². The number of hydrogen-bond donors (Lipinski definition) is 1. The zero-order valence-corrected chi connectivity index (χ0v) is 10.7. The highest BCUT2D eigenvalue weighted by molar-refractivity contribution is 7.71. The van der Waals surface area contributed by atoms with Crippen LogP contribution in [0.3, 0.4) is 0 Å². The molecular weight excluding hydrogens is 222 g/mol. The van der Waals surface area contributed by atoms with E-state index in [1.54, 1.807) is 0 Å². The molecule has 1 aliphatic rings. The van der Waals surface area contributed by atoms with E-state index in [9.17, 15) is 0 Å². The SMILES string of the molecule is Cc1c[nH]c(=S)n1C(C)CN1CCOCC1. The third kappa shape index (κ3) is 2.53. The molecule has 1 aliphatic heterocycles. The maximum atomic E-state index is 5.34. The predicted octanol–water partition coefficient (Wildman–Crippen LogP) is 1.75. The summed E-state index contributed by atoms with van der Waals surface area (Å²) in [6.45, 7) is 9.10. The van der Waals surface area contributed by atoms with Crippen molar-refractivity contribution >= 4 is 12.2 Å². The lowest BCUT2D eigenvalue weighted by Crippen LogP contribution is -2.39. The number of aryl methyl sites for hydroxylation is 1. The summed E-state index contributed by atoms with van der Waals surface area (Å²) in [5.41, 5.74) is 1.20. The van der Waals surface area contributed by atoms with Gasteiger partial charge in [0.2, 0.25) is 0 Å². The van der Waals surface area contributed by atoms with Crippen LogP contribution in [-0.2, 0) is 4.74 Å². The normalized spacial score (nSPS) is 19.9. The molecule has 1 atom stereocenters. The standard InChI is InChI=1S/C11H19N3OS/c1-9-7-12-11(16)14(9)10(2)8-13-3-5-15-6-4-13/h7,10H,3-6,8H2,1-2H3,(H,12,16). The number of ether oxygens (including phenoxy) is 1. The topological polar surface area (TPSA) is 33.2 Å². The Morgan fingerprint density at radius 2 is 2.19 bits per heavy atom. The van der Waals surface area contributed by atoms with Gasteiger partial charge in [0.25, 0.3) is 0 Å². The predicted molar refractivity (Wildman–Crippen MR) is 66.3 cm³/mol. The molecule has 5 heteroatoms. The average molecular weight is 241 g/mol. The molecule has 0 spiro atoms. The van der Waals surface area contributed by atoms with Gasteiger partial charge in [-0.05, 0) is 26.1 Å². The summed E-state index contributed by atoms with van der Waals surface area (Å²) >= 11 is 5.28. The largest absolute Gasteiger partial charge is 0.379 e. The Balaban J connectivity index is 2.02. The Kier molecular flexibility index (Phi) is 3.78. The van der Waals surface area contributed by atoms with Crippen molar-refractivity contribution < 1.29 is 4.74 Å². The van der Waals surface area contributed by atoms with Gasteiger partial charge >= 0.3 is 0 Å². The van der Waals surface area contributed by atoms with Crippen LogP contribution in [0.4, 0.5) is 0 Å². The molecule has 1 N–H and O–H groups in total. The van der Waals surface area contributed by atoms with Crippen molar-refractivity contribution in [2.45, 2.75) is 19.9 Å². The smallest absolute Gasteiger partial charge is 0.177 e. The number of morpholine rings is 1. The number of aromatic amines is 1. The minimum absolute atomic E-state index is 0.414. The third-order valence-corrected chi connectivity index (χ3v) is 3.38. The fourth-order valence-electron chi connectivity index (χ4n) is 2.25. The molecule has 2 heterocycles. The molecule has 0 bridgehead atoms. The number of rotatable bonds is 3. The summed E-state index contributed by atoms with van der Waals surface area (Å²) in [6.07, 6.45) is 1.97. The minimum atomic E-state index is 0.414. The van der Waals surface area contributed by atoms with Crippen LogP contribution in [0.2, 0.25) is 0 Å². The molecular formula is C11H19N3OS. The molecule has 0 aliphatic carbocycles. The molecule has 2 rings (SSSR count). The van der Waals surface area contributed by atoms with E-state index in [2.05, 4.69) is 28.3 Å². The molecule has 1 unspecified atom stereocenters. The first-order valence-corrected chi connectivity index (χ1v) is 6.16. The van der Waals surface area contributed by atoms with Crippen LogP contribution in [0.1, 0.15) is 18.7 Å². The van der Waals surface area contributed by atoms with Crippen molar-refractivity contribution in [1.29, 1.82) is 0 Å². The highest BCUT2D eigenvalue weighted by Gasteiger charge is 2.16. The van der Waals surface area contributed by atoms with Crippen molar-refractivity contribution in [2.75, 3.05) is 32.8 Å². The van der Waals surface area contributed by atoms with Gasteiger partial charge in [0.15, 0.2) is 4.77 Å². The summed E-state index contributed by atoms with van der Waals surface area (Å²) in [5.74, 6) is 0. The fourth-order valence-corrected chi connectivity index (χ4v) is 2.64.